The zero-order chi connectivity index (χ0) is 13.1. The van der Waals surface area contributed by atoms with Crippen LogP contribution in [0.5, 0.6) is 0 Å². The maximum Gasteiger partial charge on any atom is 0.229 e. The standard InChI is InChI=1S/C12H11F2N3O/c1-7-2-11(17-16-7)15-12(18)5-8-3-9(13)6-10(14)4-8/h2-4,6H,5H2,1H3,(H2,15,16,17,18). The summed E-state index contributed by atoms with van der Waals surface area (Å²) >= 11 is 0. The number of rotatable bonds is 3. The van der Waals surface area contributed by atoms with Gasteiger partial charge in [-0.25, -0.2) is 8.78 Å². The Balaban J connectivity index is 2.02. The Bertz CT molecular complexity index is 560. The summed E-state index contributed by atoms with van der Waals surface area (Å²) in [5.74, 6) is -1.40. The molecule has 2 aromatic rings. The second kappa shape index (κ2) is 4.95. The average molecular weight is 251 g/mol. The zero-order valence-corrected chi connectivity index (χ0v) is 9.63. The summed E-state index contributed by atoms with van der Waals surface area (Å²) < 4.78 is 25.8. The number of benzene rings is 1. The monoisotopic (exact) mass is 251 g/mol. The molecule has 0 radical (unpaired) electrons. The Hall–Kier alpha value is -2.24. The van der Waals surface area contributed by atoms with Crippen molar-refractivity contribution in [2.24, 2.45) is 0 Å². The molecule has 0 spiro atoms. The molecule has 0 aliphatic carbocycles. The summed E-state index contributed by atoms with van der Waals surface area (Å²) in [6, 6.07) is 4.67. The number of hydrogen-bond donors (Lipinski definition) is 2. The average Bonchev–Trinajstić information content (AvgIpc) is 2.61. The summed E-state index contributed by atoms with van der Waals surface area (Å²) in [6.07, 6.45) is -0.111. The van der Waals surface area contributed by atoms with Gasteiger partial charge in [0, 0.05) is 17.8 Å². The highest BCUT2D eigenvalue weighted by Crippen LogP contribution is 2.10. The van der Waals surface area contributed by atoms with Gasteiger partial charge in [0.2, 0.25) is 5.91 Å². The lowest BCUT2D eigenvalue weighted by Gasteiger charge is -2.02. The molecule has 1 aromatic heterocycles. The lowest BCUT2D eigenvalue weighted by molar-refractivity contribution is -0.115. The van der Waals surface area contributed by atoms with E-state index >= 15 is 0 Å². The fourth-order valence-electron chi connectivity index (χ4n) is 1.57. The van der Waals surface area contributed by atoms with Gasteiger partial charge in [-0.1, -0.05) is 0 Å². The van der Waals surface area contributed by atoms with E-state index in [9.17, 15) is 13.6 Å². The predicted octanol–water partition coefficient (Wildman–Crippen LogP) is 2.18. The van der Waals surface area contributed by atoms with Crippen LogP contribution in [-0.2, 0) is 11.2 Å². The molecule has 0 fully saturated rings. The third-order valence-corrected chi connectivity index (χ3v) is 2.26. The Kier molecular flexibility index (Phi) is 3.36. The first-order valence-electron chi connectivity index (χ1n) is 5.30. The molecule has 0 atom stereocenters. The van der Waals surface area contributed by atoms with E-state index in [-0.39, 0.29) is 17.9 Å². The van der Waals surface area contributed by atoms with Crippen LogP contribution in [0.3, 0.4) is 0 Å². The zero-order valence-electron chi connectivity index (χ0n) is 9.63. The van der Waals surface area contributed by atoms with Crippen LogP contribution in [-0.4, -0.2) is 16.1 Å². The molecule has 2 rings (SSSR count). The Morgan fingerprint density at radius 1 is 1.28 bits per heavy atom. The molecule has 1 heterocycles. The first-order chi connectivity index (χ1) is 8.52. The molecule has 0 aliphatic rings. The number of nitrogens with one attached hydrogen (secondary N) is 2. The van der Waals surface area contributed by atoms with E-state index in [1.54, 1.807) is 13.0 Å². The number of aryl methyl sites for hydroxylation is 1. The number of H-pyrrole nitrogens is 1. The normalized spacial score (nSPS) is 10.4. The molecule has 6 heteroatoms. The number of hydrogen-bond acceptors (Lipinski definition) is 2. The smallest absolute Gasteiger partial charge is 0.229 e. The number of carbonyl (C=O) groups excluding carboxylic acids is 1. The molecule has 2 N–H and O–H groups in total. The van der Waals surface area contributed by atoms with Crippen molar-refractivity contribution in [3.8, 4) is 0 Å². The van der Waals surface area contributed by atoms with Crippen molar-refractivity contribution in [3.63, 3.8) is 0 Å². The first kappa shape index (κ1) is 12.2. The van der Waals surface area contributed by atoms with E-state index in [1.807, 2.05) is 0 Å². The molecule has 0 saturated carbocycles. The van der Waals surface area contributed by atoms with Gasteiger partial charge in [0.15, 0.2) is 5.82 Å². The molecule has 0 saturated heterocycles. The summed E-state index contributed by atoms with van der Waals surface area (Å²) in [6.45, 7) is 1.80. The SMILES string of the molecule is Cc1cc(NC(=O)Cc2cc(F)cc(F)c2)n[nH]1. The second-order valence-electron chi connectivity index (χ2n) is 3.94. The van der Waals surface area contributed by atoms with Gasteiger partial charge >= 0.3 is 0 Å². The Morgan fingerprint density at radius 2 is 1.94 bits per heavy atom. The lowest BCUT2D eigenvalue weighted by atomic mass is 10.1. The summed E-state index contributed by atoms with van der Waals surface area (Å²) in [5, 5.41) is 9.02. The number of aromatic amines is 1. The van der Waals surface area contributed by atoms with Crippen molar-refractivity contribution in [3.05, 3.63) is 47.2 Å². The van der Waals surface area contributed by atoms with Crippen LogP contribution in [0.1, 0.15) is 11.3 Å². The quantitative estimate of drug-likeness (QED) is 0.878. The maximum atomic E-state index is 12.9. The Labute approximate surface area is 102 Å². The number of carbonyl (C=O) groups is 1. The predicted molar refractivity (Wildman–Crippen MR) is 62.0 cm³/mol. The highest BCUT2D eigenvalue weighted by Gasteiger charge is 2.08. The molecule has 1 amide bonds. The number of amides is 1. The van der Waals surface area contributed by atoms with E-state index < -0.39 is 11.6 Å². The number of halogens is 2. The van der Waals surface area contributed by atoms with Gasteiger partial charge in [-0.15, -0.1) is 0 Å². The largest absolute Gasteiger partial charge is 0.309 e. The fourth-order valence-corrected chi connectivity index (χ4v) is 1.57. The summed E-state index contributed by atoms with van der Waals surface area (Å²) in [4.78, 5) is 11.6. The van der Waals surface area contributed by atoms with Crippen molar-refractivity contribution in [2.45, 2.75) is 13.3 Å². The van der Waals surface area contributed by atoms with Gasteiger partial charge in [-0.05, 0) is 24.6 Å². The number of aromatic nitrogens is 2. The maximum absolute atomic E-state index is 12.9. The molecule has 0 unspecified atom stereocenters. The molecule has 0 aliphatic heterocycles. The van der Waals surface area contributed by atoms with Crippen LogP contribution in [0.4, 0.5) is 14.6 Å². The van der Waals surface area contributed by atoms with Crippen LogP contribution in [0, 0.1) is 18.6 Å². The van der Waals surface area contributed by atoms with E-state index in [2.05, 4.69) is 15.5 Å². The minimum absolute atomic E-state index is 0.111. The molecular weight excluding hydrogens is 240 g/mol. The van der Waals surface area contributed by atoms with Crippen LogP contribution in [0.2, 0.25) is 0 Å². The molecular formula is C12H11F2N3O. The van der Waals surface area contributed by atoms with Gasteiger partial charge in [-0.2, -0.15) is 5.10 Å². The summed E-state index contributed by atoms with van der Waals surface area (Å²) in [7, 11) is 0. The third-order valence-electron chi connectivity index (χ3n) is 2.26. The second-order valence-corrected chi connectivity index (χ2v) is 3.94. The van der Waals surface area contributed by atoms with E-state index in [0.29, 0.717) is 5.82 Å². The van der Waals surface area contributed by atoms with Crippen molar-refractivity contribution in [1.82, 2.24) is 10.2 Å². The number of anilines is 1. The Morgan fingerprint density at radius 3 is 2.50 bits per heavy atom. The topological polar surface area (TPSA) is 57.8 Å². The van der Waals surface area contributed by atoms with E-state index in [0.717, 1.165) is 23.9 Å². The lowest BCUT2D eigenvalue weighted by Crippen LogP contribution is -2.14. The van der Waals surface area contributed by atoms with Crippen LogP contribution in [0.15, 0.2) is 24.3 Å². The highest BCUT2D eigenvalue weighted by atomic mass is 19.1. The minimum atomic E-state index is -0.701. The van der Waals surface area contributed by atoms with Gasteiger partial charge in [0.25, 0.3) is 0 Å². The fraction of sp³-hybridized carbons (Fsp3) is 0.167. The van der Waals surface area contributed by atoms with E-state index in [4.69, 9.17) is 0 Å². The van der Waals surface area contributed by atoms with Crippen LogP contribution in [0.25, 0.3) is 0 Å². The molecule has 94 valence electrons. The molecule has 1 aromatic carbocycles. The van der Waals surface area contributed by atoms with Gasteiger partial charge in [0.1, 0.15) is 11.6 Å². The van der Waals surface area contributed by atoms with Crippen molar-refractivity contribution in [1.29, 1.82) is 0 Å². The number of nitrogens with zero attached hydrogens (tertiary/aromatic N) is 1. The van der Waals surface area contributed by atoms with Crippen molar-refractivity contribution < 1.29 is 13.6 Å². The molecule has 0 bridgehead atoms. The first-order valence-corrected chi connectivity index (χ1v) is 5.30. The van der Waals surface area contributed by atoms with Crippen LogP contribution < -0.4 is 5.32 Å². The van der Waals surface area contributed by atoms with E-state index in [1.165, 1.54) is 0 Å². The van der Waals surface area contributed by atoms with Crippen molar-refractivity contribution >= 4 is 11.7 Å². The third kappa shape index (κ3) is 3.13. The van der Waals surface area contributed by atoms with Gasteiger partial charge in [-0.3, -0.25) is 9.89 Å². The molecule has 4 nitrogen and oxygen atoms in total. The highest BCUT2D eigenvalue weighted by molar-refractivity contribution is 5.91. The van der Waals surface area contributed by atoms with Crippen LogP contribution >= 0.6 is 0 Å². The van der Waals surface area contributed by atoms with Gasteiger partial charge < -0.3 is 5.32 Å². The summed E-state index contributed by atoms with van der Waals surface area (Å²) in [5.41, 5.74) is 1.08. The minimum Gasteiger partial charge on any atom is -0.309 e. The van der Waals surface area contributed by atoms with Gasteiger partial charge in [0.05, 0.1) is 6.42 Å². The van der Waals surface area contributed by atoms with Crippen molar-refractivity contribution in [2.75, 3.05) is 5.32 Å². The molecule has 18 heavy (non-hydrogen) atoms.